The van der Waals surface area contributed by atoms with E-state index in [2.05, 4.69) is 11.8 Å². The second kappa shape index (κ2) is 6.99. The fourth-order valence-electron chi connectivity index (χ4n) is 5.15. The van der Waals surface area contributed by atoms with Crippen LogP contribution in [0.25, 0.3) is 0 Å². The Morgan fingerprint density at radius 1 is 1.30 bits per heavy atom. The molecule has 1 N–H and O–H groups in total. The molecule has 3 aliphatic heterocycles. The van der Waals surface area contributed by atoms with Gasteiger partial charge < -0.3 is 10.0 Å². The average molecular weight is 408 g/mol. The van der Waals surface area contributed by atoms with Gasteiger partial charge in [0.15, 0.2) is 0 Å². The van der Waals surface area contributed by atoms with Crippen molar-refractivity contribution in [3.05, 3.63) is 29.3 Å². The molecule has 1 unspecified atom stereocenters. The van der Waals surface area contributed by atoms with Gasteiger partial charge in [0.1, 0.15) is 6.04 Å². The first-order valence-corrected chi connectivity index (χ1v) is 10.7. The molecule has 1 aliphatic carbocycles. The summed E-state index contributed by atoms with van der Waals surface area (Å²) in [7, 11) is 1.78. The summed E-state index contributed by atoms with van der Waals surface area (Å²) >= 11 is 0. The van der Waals surface area contributed by atoms with E-state index in [1.165, 1.54) is 12.8 Å². The number of likely N-dealkylation sites (N-methyl/N-ethyl adjacent to an activating group) is 1. The van der Waals surface area contributed by atoms with Gasteiger partial charge in [-0.1, -0.05) is 24.8 Å². The molecule has 1 saturated heterocycles. The molecule has 156 valence electrons. The van der Waals surface area contributed by atoms with Crippen LogP contribution in [0, 0.1) is 0 Å². The first-order chi connectivity index (χ1) is 14.5. The minimum atomic E-state index is -0.922. The Labute approximate surface area is 175 Å². The number of carboxylic acid groups (broad SMARTS) is 1. The topological polar surface area (TPSA) is 90.5 Å². The highest BCUT2D eigenvalue weighted by atomic mass is 16.4. The minimum absolute atomic E-state index is 0.0799. The minimum Gasteiger partial charge on any atom is -0.478 e. The van der Waals surface area contributed by atoms with Crippen molar-refractivity contribution in [3.63, 3.8) is 0 Å². The summed E-state index contributed by atoms with van der Waals surface area (Å²) in [5.74, 6) is 1.18. The SMILES string of the molecule is CCC1C(=O)N(C)C2=[N+]=C(N3CCc4cc(C(=O)O)ccc43)N=C2N1C1CCCC1. The Kier molecular flexibility index (Phi) is 4.40. The third-order valence-electron chi connectivity index (χ3n) is 6.69. The largest absolute Gasteiger partial charge is 0.478 e. The molecule has 8 nitrogen and oxygen atoms in total. The normalized spacial score (nSPS) is 23.4. The molecular weight excluding hydrogens is 382 g/mol. The zero-order valence-corrected chi connectivity index (χ0v) is 17.3. The molecule has 1 atom stereocenters. The van der Waals surface area contributed by atoms with Crippen molar-refractivity contribution in [1.82, 2.24) is 14.5 Å². The maximum absolute atomic E-state index is 13.1. The highest BCUT2D eigenvalue weighted by molar-refractivity contribution is 6.48. The molecule has 0 spiro atoms. The van der Waals surface area contributed by atoms with Gasteiger partial charge in [-0.25, -0.2) is 19.3 Å². The predicted molar refractivity (Wildman–Crippen MR) is 115 cm³/mol. The van der Waals surface area contributed by atoms with Gasteiger partial charge in [-0.2, -0.15) is 0 Å². The van der Waals surface area contributed by atoms with Gasteiger partial charge in [0.25, 0.3) is 11.7 Å². The van der Waals surface area contributed by atoms with Crippen LogP contribution >= 0.6 is 0 Å². The lowest BCUT2D eigenvalue weighted by atomic mass is 10.0. The number of carbonyl (C=O) groups is 2. The first kappa shape index (κ1) is 18.9. The summed E-state index contributed by atoms with van der Waals surface area (Å²) in [5, 5.41) is 9.26. The number of fused-ring (bicyclic) bond motifs is 2. The number of rotatable bonds is 3. The number of anilines is 1. The van der Waals surface area contributed by atoms with Gasteiger partial charge in [0.2, 0.25) is 0 Å². The van der Waals surface area contributed by atoms with E-state index in [1.54, 1.807) is 24.1 Å². The number of benzene rings is 1. The van der Waals surface area contributed by atoms with Crippen LogP contribution in [0.4, 0.5) is 5.69 Å². The van der Waals surface area contributed by atoms with E-state index in [1.807, 2.05) is 11.0 Å². The number of nitrogens with zero attached hydrogens (tertiary/aromatic N) is 5. The van der Waals surface area contributed by atoms with E-state index in [4.69, 9.17) is 9.66 Å². The molecule has 4 aliphatic rings. The van der Waals surface area contributed by atoms with Crippen LogP contribution in [-0.4, -0.2) is 70.1 Å². The number of aliphatic imine (C=N–C) groups is 1. The molecule has 2 fully saturated rings. The van der Waals surface area contributed by atoms with Crippen molar-refractivity contribution in [1.29, 1.82) is 0 Å². The summed E-state index contributed by atoms with van der Waals surface area (Å²) in [6.07, 6.45) is 6.02. The Morgan fingerprint density at radius 3 is 2.77 bits per heavy atom. The monoisotopic (exact) mass is 408 g/mol. The van der Waals surface area contributed by atoms with Gasteiger partial charge in [-0.05, 0) is 43.0 Å². The maximum atomic E-state index is 13.1. The van der Waals surface area contributed by atoms with Crippen molar-refractivity contribution in [2.75, 3.05) is 18.5 Å². The Balaban J connectivity index is 1.54. The molecule has 0 aromatic heterocycles. The van der Waals surface area contributed by atoms with Crippen LogP contribution < -0.4 is 9.57 Å². The van der Waals surface area contributed by atoms with Crippen LogP contribution in [0.5, 0.6) is 0 Å². The molecule has 5 rings (SSSR count). The molecule has 0 radical (unpaired) electrons. The number of hydrogen-bond acceptors (Lipinski definition) is 5. The zero-order valence-electron chi connectivity index (χ0n) is 17.3. The first-order valence-electron chi connectivity index (χ1n) is 10.7. The summed E-state index contributed by atoms with van der Waals surface area (Å²) < 4.78 is 4.77. The van der Waals surface area contributed by atoms with Crippen molar-refractivity contribution < 1.29 is 14.7 Å². The standard InChI is InChI=1S/C22H25N5O3/c1-3-16-20(28)25(2)18-19(27(16)15-6-4-5-7-15)24-22(23-18)26-11-10-13-12-14(21(29)30)8-9-17(13)26/h8-9,12,15-16H,3-7,10-11H2,1-2H3/p+1. The lowest BCUT2D eigenvalue weighted by Gasteiger charge is -2.39. The summed E-state index contributed by atoms with van der Waals surface area (Å²) in [6, 6.07) is 5.32. The fraction of sp³-hybridized carbons (Fsp3) is 0.500. The predicted octanol–water partition coefficient (Wildman–Crippen LogP) is 1.48. The smallest absolute Gasteiger partial charge is 0.442 e. The molecule has 1 amide bonds. The second-order valence-corrected chi connectivity index (χ2v) is 8.39. The van der Waals surface area contributed by atoms with Gasteiger partial charge >= 0.3 is 17.8 Å². The highest BCUT2D eigenvalue weighted by Gasteiger charge is 2.51. The van der Waals surface area contributed by atoms with E-state index in [9.17, 15) is 14.7 Å². The number of carbonyl (C=O) groups excluding carboxylic acids is 1. The summed E-state index contributed by atoms with van der Waals surface area (Å²) in [4.78, 5) is 35.2. The molecule has 0 bridgehead atoms. The van der Waals surface area contributed by atoms with E-state index in [0.717, 1.165) is 42.8 Å². The van der Waals surface area contributed by atoms with Gasteiger partial charge in [0.05, 0.1) is 24.8 Å². The van der Waals surface area contributed by atoms with E-state index in [-0.39, 0.29) is 11.9 Å². The fourth-order valence-corrected chi connectivity index (χ4v) is 5.15. The van der Waals surface area contributed by atoms with Crippen molar-refractivity contribution >= 4 is 35.2 Å². The number of hydrogen-bond donors (Lipinski definition) is 1. The zero-order chi connectivity index (χ0) is 21.0. The Morgan fingerprint density at radius 2 is 2.07 bits per heavy atom. The number of carboxylic acids is 1. The van der Waals surface area contributed by atoms with Crippen molar-refractivity contribution in [2.24, 2.45) is 4.99 Å². The lowest BCUT2D eigenvalue weighted by Crippen LogP contribution is -2.63. The molecule has 8 heteroatoms. The van der Waals surface area contributed by atoms with Crippen LogP contribution in [0.3, 0.4) is 0 Å². The number of guanidine groups is 1. The number of aromatic carboxylic acids is 1. The Hall–Kier alpha value is -3.12. The molecular formula is C22H26N5O3+. The van der Waals surface area contributed by atoms with Crippen LogP contribution in [0.1, 0.15) is 54.9 Å². The summed E-state index contributed by atoms with van der Waals surface area (Å²) in [6.45, 7) is 2.75. The number of piperazine rings is 1. The molecule has 1 saturated carbocycles. The van der Waals surface area contributed by atoms with Gasteiger partial charge in [-0.3, -0.25) is 4.79 Å². The van der Waals surface area contributed by atoms with Crippen molar-refractivity contribution in [3.8, 4) is 0 Å². The highest BCUT2D eigenvalue weighted by Crippen LogP contribution is 2.32. The van der Waals surface area contributed by atoms with Crippen molar-refractivity contribution in [2.45, 2.75) is 57.5 Å². The third-order valence-corrected chi connectivity index (χ3v) is 6.69. The number of amidine groups is 2. The summed E-state index contributed by atoms with van der Waals surface area (Å²) in [5.41, 5.74) is 2.22. The van der Waals surface area contributed by atoms with Crippen LogP contribution in [0.2, 0.25) is 0 Å². The van der Waals surface area contributed by atoms with Crippen LogP contribution in [0.15, 0.2) is 23.2 Å². The number of amides is 1. The van der Waals surface area contributed by atoms with E-state index >= 15 is 0 Å². The lowest BCUT2D eigenvalue weighted by molar-refractivity contribution is -0.132. The van der Waals surface area contributed by atoms with Crippen LogP contribution in [-0.2, 0) is 11.2 Å². The maximum Gasteiger partial charge on any atom is 0.442 e. The average Bonchev–Trinajstić information content (AvgIpc) is 3.49. The quantitative estimate of drug-likeness (QED) is 0.765. The Bertz CT molecular complexity index is 1030. The van der Waals surface area contributed by atoms with E-state index in [0.29, 0.717) is 29.9 Å². The second-order valence-electron chi connectivity index (χ2n) is 8.39. The molecule has 3 heterocycles. The molecule has 1 aromatic carbocycles. The van der Waals surface area contributed by atoms with Gasteiger partial charge in [-0.15, -0.1) is 0 Å². The van der Waals surface area contributed by atoms with Gasteiger partial charge in [0, 0.05) is 12.5 Å². The van der Waals surface area contributed by atoms with E-state index < -0.39 is 5.97 Å². The molecule has 30 heavy (non-hydrogen) atoms. The molecule has 1 aromatic rings. The third kappa shape index (κ3) is 2.75.